The molecule has 0 unspecified atom stereocenters. The van der Waals surface area contributed by atoms with Gasteiger partial charge < -0.3 is 5.32 Å². The van der Waals surface area contributed by atoms with E-state index in [1.165, 1.54) is 0 Å². The number of aryl methyl sites for hydroxylation is 1. The largest absolute Gasteiger partial charge is 0.314 e. The van der Waals surface area contributed by atoms with Gasteiger partial charge in [-0.1, -0.05) is 17.7 Å². The van der Waals surface area contributed by atoms with Gasteiger partial charge in [-0.3, -0.25) is 4.90 Å². The zero-order chi connectivity index (χ0) is 14.7. The van der Waals surface area contributed by atoms with Crippen molar-refractivity contribution in [2.75, 3.05) is 26.2 Å². The lowest BCUT2D eigenvalue weighted by Gasteiger charge is -2.35. The molecule has 0 aliphatic carbocycles. The van der Waals surface area contributed by atoms with E-state index in [2.05, 4.69) is 5.32 Å². The highest BCUT2D eigenvalue weighted by Crippen LogP contribution is 2.35. The van der Waals surface area contributed by atoms with Gasteiger partial charge in [-0.05, 0) is 18.6 Å². The number of halogens is 5. The zero-order valence-corrected chi connectivity index (χ0v) is 13.3. The molecule has 120 valence electrons. The predicted octanol–water partition coefficient (Wildman–Crippen LogP) is 3.81. The SMILES string of the molecule is Cc1ccc(Cl)c([C@@H](CC(F)F)N2CCNCC2)c1F.Cl. The summed E-state index contributed by atoms with van der Waals surface area (Å²) in [6, 6.07) is 2.47. The Labute approximate surface area is 134 Å². The maximum atomic E-state index is 14.3. The van der Waals surface area contributed by atoms with Gasteiger partial charge in [-0.2, -0.15) is 0 Å². The molecule has 1 aliphatic heterocycles. The highest BCUT2D eigenvalue weighted by atomic mass is 35.5. The van der Waals surface area contributed by atoms with Crippen LogP contribution in [0.5, 0.6) is 0 Å². The van der Waals surface area contributed by atoms with Gasteiger partial charge in [-0.15, -0.1) is 12.4 Å². The summed E-state index contributed by atoms with van der Waals surface area (Å²) in [6.45, 7) is 4.27. The Kier molecular flexibility index (Phi) is 7.27. The van der Waals surface area contributed by atoms with Crippen molar-refractivity contribution in [1.29, 1.82) is 0 Å². The van der Waals surface area contributed by atoms with Gasteiger partial charge in [0.05, 0.1) is 0 Å². The van der Waals surface area contributed by atoms with E-state index >= 15 is 0 Å². The summed E-state index contributed by atoms with van der Waals surface area (Å²) in [5.74, 6) is -0.471. The van der Waals surface area contributed by atoms with E-state index < -0.39 is 24.7 Å². The lowest BCUT2D eigenvalue weighted by atomic mass is 9.98. The molecule has 0 radical (unpaired) electrons. The third kappa shape index (κ3) is 4.49. The van der Waals surface area contributed by atoms with E-state index in [1.807, 2.05) is 4.90 Å². The average Bonchev–Trinajstić information content (AvgIpc) is 2.43. The maximum Gasteiger partial charge on any atom is 0.240 e. The van der Waals surface area contributed by atoms with Gasteiger partial charge in [-0.25, -0.2) is 13.2 Å². The molecule has 2 rings (SSSR count). The molecule has 2 nitrogen and oxygen atoms in total. The Morgan fingerprint density at radius 2 is 1.90 bits per heavy atom. The normalized spacial score (nSPS) is 17.6. The quantitative estimate of drug-likeness (QED) is 0.894. The fourth-order valence-corrected chi connectivity index (χ4v) is 2.87. The molecular weight excluding hydrogens is 324 g/mol. The van der Waals surface area contributed by atoms with Crippen LogP contribution in [-0.4, -0.2) is 37.5 Å². The van der Waals surface area contributed by atoms with Gasteiger partial charge in [0.1, 0.15) is 5.82 Å². The zero-order valence-electron chi connectivity index (χ0n) is 11.7. The Balaban J connectivity index is 0.00000220. The number of hydrogen-bond donors (Lipinski definition) is 1. The average molecular weight is 343 g/mol. The molecule has 1 aromatic carbocycles. The van der Waals surface area contributed by atoms with Crippen molar-refractivity contribution in [3.8, 4) is 0 Å². The van der Waals surface area contributed by atoms with E-state index in [-0.39, 0.29) is 23.0 Å². The topological polar surface area (TPSA) is 15.3 Å². The Hall–Kier alpha value is -0.490. The van der Waals surface area contributed by atoms with Crippen LogP contribution in [-0.2, 0) is 0 Å². The molecule has 21 heavy (non-hydrogen) atoms. The number of alkyl halides is 2. The molecule has 1 aliphatic rings. The molecule has 0 aromatic heterocycles. The first kappa shape index (κ1) is 18.6. The smallest absolute Gasteiger partial charge is 0.240 e. The highest BCUT2D eigenvalue weighted by Gasteiger charge is 2.29. The third-order valence-electron chi connectivity index (χ3n) is 3.65. The van der Waals surface area contributed by atoms with Crippen molar-refractivity contribution in [2.45, 2.75) is 25.8 Å². The summed E-state index contributed by atoms with van der Waals surface area (Å²) in [5, 5.41) is 3.38. The van der Waals surface area contributed by atoms with E-state index in [4.69, 9.17) is 11.6 Å². The number of rotatable bonds is 4. The van der Waals surface area contributed by atoms with Gasteiger partial charge in [0.25, 0.3) is 0 Å². The summed E-state index contributed by atoms with van der Waals surface area (Å²) in [7, 11) is 0. The van der Waals surface area contributed by atoms with Crippen molar-refractivity contribution in [3.63, 3.8) is 0 Å². The van der Waals surface area contributed by atoms with Crippen molar-refractivity contribution in [1.82, 2.24) is 10.2 Å². The van der Waals surface area contributed by atoms with E-state index in [0.29, 0.717) is 31.7 Å². The number of piperazine rings is 1. The lowest BCUT2D eigenvalue weighted by molar-refractivity contribution is 0.0725. The van der Waals surface area contributed by atoms with Crippen molar-refractivity contribution in [2.24, 2.45) is 0 Å². The third-order valence-corrected chi connectivity index (χ3v) is 3.98. The molecule has 0 saturated carbocycles. The van der Waals surface area contributed by atoms with E-state index in [9.17, 15) is 13.2 Å². The monoisotopic (exact) mass is 342 g/mol. The van der Waals surface area contributed by atoms with Crippen LogP contribution in [0, 0.1) is 12.7 Å². The summed E-state index contributed by atoms with van der Waals surface area (Å²) in [5.41, 5.74) is 0.632. The molecule has 1 atom stereocenters. The van der Waals surface area contributed by atoms with Crippen LogP contribution in [0.2, 0.25) is 5.02 Å². The first-order chi connectivity index (χ1) is 9.50. The van der Waals surface area contributed by atoms with Gasteiger partial charge in [0.2, 0.25) is 6.43 Å². The molecule has 0 bridgehead atoms. The van der Waals surface area contributed by atoms with Crippen LogP contribution in [0.1, 0.15) is 23.6 Å². The minimum atomic E-state index is -2.49. The molecular formula is C14H19Cl2F3N2. The van der Waals surface area contributed by atoms with E-state index in [1.54, 1.807) is 19.1 Å². The van der Waals surface area contributed by atoms with Crippen molar-refractivity contribution >= 4 is 24.0 Å². The molecule has 7 heteroatoms. The number of nitrogens with zero attached hydrogens (tertiary/aromatic N) is 1. The number of benzene rings is 1. The molecule has 0 spiro atoms. The molecule has 0 amide bonds. The minimum absolute atomic E-state index is 0. The first-order valence-corrected chi connectivity index (χ1v) is 7.06. The molecule has 1 heterocycles. The summed E-state index contributed by atoms with van der Waals surface area (Å²) in [4.78, 5) is 1.88. The molecule has 1 N–H and O–H groups in total. The lowest BCUT2D eigenvalue weighted by Crippen LogP contribution is -2.45. The second-order valence-electron chi connectivity index (χ2n) is 5.02. The Morgan fingerprint density at radius 1 is 1.29 bits per heavy atom. The standard InChI is InChI=1S/C14H18ClF3N2.ClH/c1-9-2-3-10(15)13(14(9)18)11(8-12(16)17)20-6-4-19-5-7-20;/h2-3,11-12,19H,4-8H2,1H3;1H/t11-;/m1./s1. The van der Waals surface area contributed by atoms with Gasteiger partial charge in [0.15, 0.2) is 0 Å². The van der Waals surface area contributed by atoms with Gasteiger partial charge >= 0.3 is 0 Å². The van der Waals surface area contributed by atoms with Crippen molar-refractivity contribution in [3.05, 3.63) is 34.1 Å². The fraction of sp³-hybridized carbons (Fsp3) is 0.571. The number of hydrogen-bond acceptors (Lipinski definition) is 2. The molecule has 1 fully saturated rings. The van der Waals surface area contributed by atoms with Crippen LogP contribution in [0.25, 0.3) is 0 Å². The number of nitrogens with one attached hydrogen (secondary N) is 1. The molecule has 1 aromatic rings. The predicted molar refractivity (Wildman–Crippen MR) is 81.2 cm³/mol. The second-order valence-corrected chi connectivity index (χ2v) is 5.43. The van der Waals surface area contributed by atoms with Gasteiger partial charge in [0, 0.05) is 49.2 Å². The van der Waals surface area contributed by atoms with Crippen LogP contribution in [0.4, 0.5) is 13.2 Å². The van der Waals surface area contributed by atoms with Crippen LogP contribution < -0.4 is 5.32 Å². The van der Waals surface area contributed by atoms with Crippen LogP contribution in [0.15, 0.2) is 12.1 Å². The Bertz CT molecular complexity index is 466. The minimum Gasteiger partial charge on any atom is -0.314 e. The highest BCUT2D eigenvalue weighted by molar-refractivity contribution is 6.31. The van der Waals surface area contributed by atoms with Crippen molar-refractivity contribution < 1.29 is 13.2 Å². The van der Waals surface area contributed by atoms with Crippen LogP contribution in [0.3, 0.4) is 0 Å². The summed E-state index contributed by atoms with van der Waals surface area (Å²) < 4.78 is 40.1. The van der Waals surface area contributed by atoms with Crippen LogP contribution >= 0.6 is 24.0 Å². The second kappa shape index (κ2) is 8.22. The summed E-state index contributed by atoms with van der Waals surface area (Å²) >= 11 is 6.07. The first-order valence-electron chi connectivity index (χ1n) is 6.68. The summed E-state index contributed by atoms with van der Waals surface area (Å²) in [6.07, 6.45) is -2.90. The fourth-order valence-electron chi connectivity index (χ4n) is 2.60. The molecule has 1 saturated heterocycles. The maximum absolute atomic E-state index is 14.3. The van der Waals surface area contributed by atoms with E-state index in [0.717, 1.165) is 0 Å². The Morgan fingerprint density at radius 3 is 2.48 bits per heavy atom.